The van der Waals surface area contributed by atoms with Crippen molar-refractivity contribution in [2.45, 2.75) is 0 Å². The third-order valence-corrected chi connectivity index (χ3v) is 2.09. The minimum absolute atomic E-state index is 0.315. The van der Waals surface area contributed by atoms with E-state index in [0.717, 1.165) is 11.3 Å². The second-order valence-electron chi connectivity index (χ2n) is 2.65. The summed E-state index contributed by atoms with van der Waals surface area (Å²) in [6.07, 6.45) is 2.34. The van der Waals surface area contributed by atoms with Crippen molar-refractivity contribution in [2.24, 2.45) is 0 Å². The Balaban J connectivity index is 2.39. The van der Waals surface area contributed by atoms with Crippen LogP contribution in [0.5, 0.6) is 5.75 Å². The summed E-state index contributed by atoms with van der Waals surface area (Å²) in [5, 5.41) is 0.315. The average molecular weight is 209 g/mol. The molecule has 0 fully saturated rings. The number of rotatable bonds is 2. The summed E-state index contributed by atoms with van der Waals surface area (Å²) in [4.78, 5) is 3.68. The lowest BCUT2D eigenvalue weighted by Gasteiger charge is -2.00. The van der Waals surface area contributed by atoms with Gasteiger partial charge in [-0.2, -0.15) is 4.98 Å². The zero-order chi connectivity index (χ0) is 9.97. The lowest BCUT2D eigenvalue weighted by Crippen LogP contribution is -1.82. The van der Waals surface area contributed by atoms with Gasteiger partial charge < -0.3 is 9.15 Å². The Labute approximate surface area is 86.3 Å². The molecule has 71 valence electrons. The zero-order valence-corrected chi connectivity index (χ0v) is 8.21. The van der Waals surface area contributed by atoms with E-state index in [0.29, 0.717) is 10.9 Å². The van der Waals surface area contributed by atoms with Crippen molar-refractivity contribution in [1.82, 2.24) is 4.98 Å². The van der Waals surface area contributed by atoms with Crippen LogP contribution in [-0.2, 0) is 0 Å². The first-order valence-corrected chi connectivity index (χ1v) is 4.36. The van der Waals surface area contributed by atoms with E-state index < -0.39 is 0 Å². The van der Waals surface area contributed by atoms with Gasteiger partial charge in [0.15, 0.2) is 10.9 Å². The van der Waals surface area contributed by atoms with E-state index in [1.807, 2.05) is 24.3 Å². The Morgan fingerprint density at radius 1 is 1.36 bits per heavy atom. The van der Waals surface area contributed by atoms with Gasteiger partial charge in [0.05, 0.1) is 7.11 Å². The molecule has 0 aliphatic carbocycles. The maximum atomic E-state index is 5.78. The molecule has 1 aromatic heterocycles. The van der Waals surface area contributed by atoms with Crippen molar-refractivity contribution in [1.29, 1.82) is 0 Å². The van der Waals surface area contributed by atoms with Crippen LogP contribution in [0.15, 0.2) is 28.7 Å². The number of nitrogens with zero attached hydrogens (tertiary/aromatic N) is 1. The molecule has 0 spiro atoms. The molecule has 1 radical (unpaired) electrons. The quantitative estimate of drug-likeness (QED) is 0.761. The second kappa shape index (κ2) is 3.72. The standard InChI is InChI=1S/C10H7ClNO2/c1-13-8-4-2-7(3-5-8)9-10(11)12-6-14-9/h2-5H,1H3. The molecule has 0 bridgehead atoms. The Bertz CT molecular complexity index is 422. The average Bonchev–Trinajstić information content (AvgIpc) is 2.65. The largest absolute Gasteiger partial charge is 0.497 e. The second-order valence-corrected chi connectivity index (χ2v) is 3.01. The maximum Gasteiger partial charge on any atom is 0.285 e. The molecule has 1 aromatic carbocycles. The van der Waals surface area contributed by atoms with Crippen molar-refractivity contribution in [3.63, 3.8) is 0 Å². The smallest absolute Gasteiger partial charge is 0.285 e. The van der Waals surface area contributed by atoms with Crippen LogP contribution in [0, 0.1) is 6.39 Å². The van der Waals surface area contributed by atoms with E-state index >= 15 is 0 Å². The van der Waals surface area contributed by atoms with E-state index in [9.17, 15) is 0 Å². The highest BCUT2D eigenvalue weighted by molar-refractivity contribution is 6.31. The number of ether oxygens (including phenoxy) is 1. The molecule has 0 aliphatic rings. The number of halogens is 1. The highest BCUT2D eigenvalue weighted by atomic mass is 35.5. The highest BCUT2D eigenvalue weighted by Crippen LogP contribution is 2.27. The Kier molecular flexibility index (Phi) is 2.41. The number of methoxy groups -OCH3 is 1. The molecule has 0 aliphatic heterocycles. The molecule has 1 heterocycles. The zero-order valence-electron chi connectivity index (χ0n) is 7.45. The summed E-state index contributed by atoms with van der Waals surface area (Å²) in [6, 6.07) is 7.35. The van der Waals surface area contributed by atoms with E-state index in [1.54, 1.807) is 7.11 Å². The van der Waals surface area contributed by atoms with Gasteiger partial charge in [0.2, 0.25) is 0 Å². The van der Waals surface area contributed by atoms with Crippen LogP contribution in [0.4, 0.5) is 0 Å². The van der Waals surface area contributed by atoms with Gasteiger partial charge in [-0.3, -0.25) is 0 Å². The van der Waals surface area contributed by atoms with Gasteiger partial charge >= 0.3 is 0 Å². The molecule has 0 saturated carbocycles. The lowest BCUT2D eigenvalue weighted by molar-refractivity contribution is 0.415. The lowest BCUT2D eigenvalue weighted by atomic mass is 10.2. The third kappa shape index (κ3) is 1.59. The first-order valence-electron chi connectivity index (χ1n) is 3.98. The summed E-state index contributed by atoms with van der Waals surface area (Å²) >= 11 is 5.78. The van der Waals surface area contributed by atoms with E-state index in [1.165, 1.54) is 0 Å². The Morgan fingerprint density at radius 2 is 2.07 bits per heavy atom. The normalized spacial score (nSPS) is 10.1. The molecule has 0 amide bonds. The van der Waals surface area contributed by atoms with Crippen molar-refractivity contribution in [3.8, 4) is 17.1 Å². The number of aromatic nitrogens is 1. The minimum Gasteiger partial charge on any atom is -0.497 e. The van der Waals surface area contributed by atoms with Crippen molar-refractivity contribution in [3.05, 3.63) is 35.8 Å². The maximum absolute atomic E-state index is 5.78. The van der Waals surface area contributed by atoms with Crippen LogP contribution in [0.2, 0.25) is 5.15 Å². The summed E-state index contributed by atoms with van der Waals surface area (Å²) < 4.78 is 10.0. The van der Waals surface area contributed by atoms with Crippen LogP contribution >= 0.6 is 11.6 Å². The van der Waals surface area contributed by atoms with Gasteiger partial charge in [0.25, 0.3) is 6.39 Å². The van der Waals surface area contributed by atoms with Gasteiger partial charge in [-0.1, -0.05) is 11.6 Å². The predicted octanol–water partition coefficient (Wildman–Crippen LogP) is 2.80. The van der Waals surface area contributed by atoms with Gasteiger partial charge in [-0.05, 0) is 24.3 Å². The molecule has 2 rings (SSSR count). The minimum atomic E-state index is 0.315. The first-order chi connectivity index (χ1) is 6.81. The van der Waals surface area contributed by atoms with Crippen LogP contribution in [0.1, 0.15) is 0 Å². The number of hydrogen-bond donors (Lipinski definition) is 0. The van der Waals surface area contributed by atoms with Crippen LogP contribution in [0.3, 0.4) is 0 Å². The van der Waals surface area contributed by atoms with E-state index in [2.05, 4.69) is 11.4 Å². The predicted molar refractivity (Wildman–Crippen MR) is 52.3 cm³/mol. The molecule has 0 unspecified atom stereocenters. The van der Waals surface area contributed by atoms with Gasteiger partial charge in [-0.15, -0.1) is 0 Å². The van der Waals surface area contributed by atoms with Gasteiger partial charge in [0, 0.05) is 5.56 Å². The van der Waals surface area contributed by atoms with Crippen LogP contribution in [0.25, 0.3) is 11.3 Å². The topological polar surface area (TPSA) is 35.3 Å². The van der Waals surface area contributed by atoms with Crippen molar-refractivity contribution in [2.75, 3.05) is 7.11 Å². The van der Waals surface area contributed by atoms with Crippen LogP contribution in [-0.4, -0.2) is 12.1 Å². The fraction of sp³-hybridized carbons (Fsp3) is 0.100. The fourth-order valence-electron chi connectivity index (χ4n) is 1.12. The molecule has 0 atom stereocenters. The molecule has 0 N–H and O–H groups in total. The molecule has 14 heavy (non-hydrogen) atoms. The highest BCUT2D eigenvalue weighted by Gasteiger charge is 2.08. The third-order valence-electron chi connectivity index (χ3n) is 1.83. The molecule has 2 aromatic rings. The van der Waals surface area contributed by atoms with E-state index in [-0.39, 0.29) is 0 Å². The van der Waals surface area contributed by atoms with Gasteiger partial charge in [0.1, 0.15) is 5.75 Å². The summed E-state index contributed by atoms with van der Waals surface area (Å²) in [6.45, 7) is 0. The van der Waals surface area contributed by atoms with Gasteiger partial charge in [-0.25, -0.2) is 0 Å². The Morgan fingerprint density at radius 3 is 2.57 bits per heavy atom. The molecular weight excluding hydrogens is 202 g/mol. The number of hydrogen-bond acceptors (Lipinski definition) is 3. The summed E-state index contributed by atoms with van der Waals surface area (Å²) in [7, 11) is 1.62. The Hall–Kier alpha value is -1.48. The summed E-state index contributed by atoms with van der Waals surface area (Å²) in [5.41, 5.74) is 0.851. The molecular formula is C10H7ClNO2. The van der Waals surface area contributed by atoms with Crippen molar-refractivity contribution < 1.29 is 9.15 Å². The number of oxazole rings is 1. The first kappa shape index (κ1) is 9.09. The molecule has 3 nitrogen and oxygen atoms in total. The van der Waals surface area contributed by atoms with E-state index in [4.69, 9.17) is 20.8 Å². The SMILES string of the molecule is COc1ccc(-c2o[c]nc2Cl)cc1. The molecule has 4 heteroatoms. The number of benzene rings is 1. The monoisotopic (exact) mass is 208 g/mol. The van der Waals surface area contributed by atoms with Crippen molar-refractivity contribution >= 4 is 11.6 Å². The van der Waals surface area contributed by atoms with Crippen LogP contribution < -0.4 is 4.74 Å². The summed E-state index contributed by atoms with van der Waals surface area (Å²) in [5.74, 6) is 1.31. The fourth-order valence-corrected chi connectivity index (χ4v) is 1.30. The molecule has 0 saturated heterocycles.